The Hall–Kier alpha value is -3.02. The van der Waals surface area contributed by atoms with Crippen molar-refractivity contribution in [3.8, 4) is 11.6 Å². The number of hydrogen-bond acceptors (Lipinski definition) is 9. The van der Waals surface area contributed by atoms with Crippen LogP contribution in [0.25, 0.3) is 11.0 Å². The van der Waals surface area contributed by atoms with Crippen LogP contribution in [0.5, 0.6) is 11.6 Å². The monoisotopic (exact) mass is 626 g/mol. The number of amides is 1. The maximum absolute atomic E-state index is 14.3. The Balaban J connectivity index is 1.55. The number of carbonyl (C=O) groups excluding carboxylic acids is 1. The summed E-state index contributed by atoms with van der Waals surface area (Å²) in [5.41, 5.74) is 0.903. The molecule has 45 heavy (non-hydrogen) atoms. The maximum atomic E-state index is 14.3. The number of carboxylic acid groups (broad SMARTS) is 1. The van der Waals surface area contributed by atoms with Crippen molar-refractivity contribution in [2.75, 3.05) is 13.7 Å². The summed E-state index contributed by atoms with van der Waals surface area (Å²) in [4.78, 5) is 38.3. The smallest absolute Gasteiger partial charge is 0.326 e. The van der Waals surface area contributed by atoms with Crippen molar-refractivity contribution in [1.29, 1.82) is 0 Å². The number of aliphatic hydroxyl groups is 1. The highest BCUT2D eigenvalue weighted by Gasteiger charge is 2.52. The van der Waals surface area contributed by atoms with Crippen LogP contribution >= 0.6 is 0 Å². The highest BCUT2D eigenvalue weighted by molar-refractivity contribution is 5.88. The minimum atomic E-state index is -1.38. The second-order valence-corrected chi connectivity index (χ2v) is 14.3. The summed E-state index contributed by atoms with van der Waals surface area (Å²) >= 11 is 0. The Morgan fingerprint density at radius 2 is 1.91 bits per heavy atom. The molecule has 2 aliphatic heterocycles. The van der Waals surface area contributed by atoms with Crippen LogP contribution in [0.3, 0.4) is 0 Å². The fourth-order valence-corrected chi connectivity index (χ4v) is 7.58. The van der Waals surface area contributed by atoms with Gasteiger partial charge in [-0.15, -0.1) is 0 Å². The van der Waals surface area contributed by atoms with E-state index in [0.29, 0.717) is 30.0 Å². The molecule has 0 spiro atoms. The summed E-state index contributed by atoms with van der Waals surface area (Å²) in [5.74, 6) is -0.677. The van der Waals surface area contributed by atoms with Gasteiger partial charge in [0.15, 0.2) is 0 Å². The summed E-state index contributed by atoms with van der Waals surface area (Å²) in [5, 5.41) is 24.6. The minimum absolute atomic E-state index is 0.0660. The fraction of sp³-hybridized carbons (Fsp3) is 0.706. The SMILES string of the molecule is CC[C@H]1C(C(=O)O)N2C[C@@H]1Oc1nc3cc(OC)ccc3nc1CCCCC[C@@H]1CCC[C@@]1(C)OC(O)N[C@@H](C(C)(C)C)C2=O. The molecule has 1 aliphatic carbocycles. The van der Waals surface area contributed by atoms with Crippen molar-refractivity contribution in [3.05, 3.63) is 23.9 Å². The molecule has 2 fully saturated rings. The van der Waals surface area contributed by atoms with Gasteiger partial charge < -0.3 is 29.3 Å². The molecule has 248 valence electrons. The van der Waals surface area contributed by atoms with Crippen LogP contribution in [-0.4, -0.2) is 80.8 Å². The van der Waals surface area contributed by atoms with Gasteiger partial charge in [0.2, 0.25) is 18.2 Å². The molecule has 1 aromatic heterocycles. The Morgan fingerprint density at radius 3 is 2.60 bits per heavy atom. The van der Waals surface area contributed by atoms with Gasteiger partial charge in [-0.1, -0.05) is 47.0 Å². The van der Waals surface area contributed by atoms with Crippen molar-refractivity contribution in [1.82, 2.24) is 20.2 Å². The lowest BCUT2D eigenvalue weighted by Crippen LogP contribution is -2.59. The van der Waals surface area contributed by atoms with Crippen LogP contribution in [0.2, 0.25) is 0 Å². The third kappa shape index (κ3) is 7.05. The number of aryl methyl sites for hydroxylation is 1. The summed E-state index contributed by atoms with van der Waals surface area (Å²) in [6, 6.07) is 3.54. The summed E-state index contributed by atoms with van der Waals surface area (Å²) < 4.78 is 18.3. The molecule has 7 atom stereocenters. The predicted octanol–water partition coefficient (Wildman–Crippen LogP) is 4.68. The number of aromatic nitrogens is 2. The van der Waals surface area contributed by atoms with Crippen molar-refractivity contribution >= 4 is 22.9 Å². The molecule has 1 saturated heterocycles. The molecule has 3 N–H and O–H groups in total. The molecule has 1 amide bonds. The van der Waals surface area contributed by atoms with E-state index < -0.39 is 53.4 Å². The normalized spacial score (nSPS) is 31.9. The zero-order valence-electron chi connectivity index (χ0n) is 27.5. The summed E-state index contributed by atoms with van der Waals surface area (Å²) in [6.07, 6.45) is 5.88. The highest BCUT2D eigenvalue weighted by Crippen LogP contribution is 2.42. The van der Waals surface area contributed by atoms with Crippen LogP contribution in [0.4, 0.5) is 0 Å². The number of carboxylic acids is 1. The number of fused-ring (bicyclic) bond motifs is 5. The Labute approximate surface area is 266 Å². The van der Waals surface area contributed by atoms with E-state index in [1.54, 1.807) is 7.11 Å². The van der Waals surface area contributed by atoms with Gasteiger partial charge in [-0.05, 0) is 68.9 Å². The maximum Gasteiger partial charge on any atom is 0.326 e. The highest BCUT2D eigenvalue weighted by atomic mass is 16.6. The predicted molar refractivity (Wildman–Crippen MR) is 169 cm³/mol. The van der Waals surface area contributed by atoms with E-state index in [1.807, 2.05) is 45.9 Å². The number of benzene rings is 1. The largest absolute Gasteiger partial charge is 0.497 e. The molecular formula is C34H50N4O7. The first kappa shape index (κ1) is 33.3. The van der Waals surface area contributed by atoms with Crippen LogP contribution in [0.1, 0.15) is 91.7 Å². The van der Waals surface area contributed by atoms with Gasteiger partial charge in [-0.3, -0.25) is 10.1 Å². The first-order valence-electron chi connectivity index (χ1n) is 16.5. The van der Waals surface area contributed by atoms with E-state index in [9.17, 15) is 19.8 Å². The van der Waals surface area contributed by atoms with Crippen molar-refractivity contribution in [2.45, 2.75) is 123 Å². The number of carbonyl (C=O) groups is 2. The number of methoxy groups -OCH3 is 1. The van der Waals surface area contributed by atoms with Gasteiger partial charge in [0, 0.05) is 12.0 Å². The second kappa shape index (κ2) is 13.4. The molecule has 0 radical (unpaired) electrons. The number of nitrogens with one attached hydrogen (secondary N) is 1. The first-order valence-corrected chi connectivity index (χ1v) is 16.5. The number of hydrogen-bond donors (Lipinski definition) is 3. The van der Waals surface area contributed by atoms with Gasteiger partial charge in [0.25, 0.3) is 0 Å². The molecule has 5 rings (SSSR count). The van der Waals surface area contributed by atoms with Gasteiger partial charge in [0.1, 0.15) is 23.6 Å². The standard InChI is InChI=1S/C34H50N4O7/c1-7-22-26-19-38(27(22)31(40)41)30(39)28(33(2,3)4)37-32(42)45-34(5)17-11-13-20(34)12-9-8-10-14-24-29(44-26)36-25-18-21(43-6)15-16-23(25)35-24/h15-16,18,20,22,26-28,32,37,42H,7-14,17,19H2,1-6H3,(H,40,41)/t20-,22-,26+,27?,28-,32?,34-/m1/s1. The molecular weight excluding hydrogens is 576 g/mol. The topological polar surface area (TPSA) is 143 Å². The molecule has 1 aromatic carbocycles. The quantitative estimate of drug-likeness (QED) is 0.439. The van der Waals surface area contributed by atoms with Crippen LogP contribution in [0.15, 0.2) is 18.2 Å². The lowest BCUT2D eigenvalue weighted by Gasteiger charge is -2.39. The van der Waals surface area contributed by atoms with Crippen LogP contribution < -0.4 is 14.8 Å². The third-order valence-corrected chi connectivity index (χ3v) is 10.1. The van der Waals surface area contributed by atoms with E-state index >= 15 is 0 Å². The van der Waals surface area contributed by atoms with Crippen molar-refractivity contribution in [3.63, 3.8) is 0 Å². The lowest BCUT2D eigenvalue weighted by atomic mass is 9.85. The number of rotatable bonds is 3. The molecule has 11 nitrogen and oxygen atoms in total. The number of aliphatic hydroxyl groups excluding tert-OH is 1. The lowest BCUT2D eigenvalue weighted by molar-refractivity contribution is -0.214. The Kier molecular flexibility index (Phi) is 9.91. The molecule has 3 heterocycles. The zero-order chi connectivity index (χ0) is 32.5. The van der Waals surface area contributed by atoms with Gasteiger partial charge in [-0.25, -0.2) is 14.8 Å². The van der Waals surface area contributed by atoms with E-state index in [4.69, 9.17) is 24.2 Å². The van der Waals surface area contributed by atoms with Crippen LogP contribution in [-0.2, 0) is 20.7 Å². The average molecular weight is 627 g/mol. The molecule has 3 aliphatic rings. The number of ether oxygens (including phenoxy) is 3. The third-order valence-electron chi connectivity index (χ3n) is 10.1. The molecule has 1 saturated carbocycles. The van der Waals surface area contributed by atoms with Gasteiger partial charge in [-0.2, -0.15) is 0 Å². The van der Waals surface area contributed by atoms with E-state index in [1.165, 1.54) is 4.90 Å². The molecule has 2 unspecified atom stereocenters. The summed E-state index contributed by atoms with van der Waals surface area (Å²) in [7, 11) is 1.60. The van der Waals surface area contributed by atoms with Gasteiger partial charge in [0.05, 0.1) is 36.3 Å². The number of aliphatic carboxylic acids is 1. The van der Waals surface area contributed by atoms with Crippen molar-refractivity contribution < 1.29 is 34.0 Å². The zero-order valence-corrected chi connectivity index (χ0v) is 27.5. The second-order valence-electron chi connectivity index (χ2n) is 14.3. The Morgan fingerprint density at radius 1 is 1.16 bits per heavy atom. The van der Waals surface area contributed by atoms with Crippen molar-refractivity contribution in [2.24, 2.45) is 17.3 Å². The minimum Gasteiger partial charge on any atom is -0.497 e. The van der Waals surface area contributed by atoms with E-state index in [2.05, 4.69) is 12.2 Å². The van der Waals surface area contributed by atoms with Crippen LogP contribution in [0, 0.1) is 17.3 Å². The van der Waals surface area contributed by atoms with E-state index in [0.717, 1.165) is 56.2 Å². The molecule has 2 bridgehead atoms. The number of nitrogens with zero attached hydrogens (tertiary/aromatic N) is 3. The molecule has 2 aromatic rings. The Bertz CT molecular complexity index is 1380. The first-order chi connectivity index (χ1) is 21.3. The van der Waals surface area contributed by atoms with E-state index in [-0.39, 0.29) is 12.5 Å². The molecule has 11 heteroatoms. The van der Waals surface area contributed by atoms with Gasteiger partial charge >= 0.3 is 5.97 Å². The summed E-state index contributed by atoms with van der Waals surface area (Å²) in [6.45, 7) is 9.71. The fourth-order valence-electron chi connectivity index (χ4n) is 7.58. The average Bonchev–Trinajstić information content (AvgIpc) is 3.53.